The van der Waals surface area contributed by atoms with Gasteiger partial charge in [-0.25, -0.2) is 4.98 Å². The summed E-state index contributed by atoms with van der Waals surface area (Å²) in [4.78, 5) is 16.5. The normalized spacial score (nSPS) is 10.9. The van der Waals surface area contributed by atoms with Crippen LogP contribution in [-0.2, 0) is 17.9 Å². The average molecular weight is 466 g/mol. The van der Waals surface area contributed by atoms with Crippen molar-refractivity contribution in [3.8, 4) is 5.75 Å². The highest BCUT2D eigenvalue weighted by Gasteiger charge is 2.15. The predicted molar refractivity (Wildman–Crippen MR) is 129 cm³/mol. The Hall–Kier alpha value is -3.17. The van der Waals surface area contributed by atoms with E-state index >= 15 is 0 Å². The van der Waals surface area contributed by atoms with Crippen LogP contribution in [0, 0.1) is 13.8 Å². The number of aryl methyl sites for hydroxylation is 2. The highest BCUT2D eigenvalue weighted by atomic mass is 32.2. The van der Waals surface area contributed by atoms with E-state index in [1.54, 1.807) is 6.08 Å². The van der Waals surface area contributed by atoms with Crippen LogP contribution in [0.25, 0.3) is 10.8 Å². The number of carbonyl (C=O) groups is 1. The second kappa shape index (κ2) is 9.97. The van der Waals surface area contributed by atoms with Gasteiger partial charge in [-0.2, -0.15) is 0 Å². The molecule has 2 aromatic carbocycles. The van der Waals surface area contributed by atoms with Crippen molar-refractivity contribution in [3.05, 3.63) is 71.5 Å². The molecule has 2 aromatic heterocycles. The number of amides is 1. The summed E-state index contributed by atoms with van der Waals surface area (Å²) in [7, 11) is 0. The molecule has 0 spiro atoms. The maximum atomic E-state index is 12.3. The van der Waals surface area contributed by atoms with Gasteiger partial charge in [0.2, 0.25) is 5.91 Å². The van der Waals surface area contributed by atoms with Gasteiger partial charge in [0.15, 0.2) is 16.1 Å². The molecule has 2 heterocycles. The third-order valence-electron chi connectivity index (χ3n) is 4.81. The Morgan fingerprint density at radius 1 is 1.25 bits per heavy atom. The minimum absolute atomic E-state index is 0.137. The van der Waals surface area contributed by atoms with E-state index in [0.717, 1.165) is 22.4 Å². The summed E-state index contributed by atoms with van der Waals surface area (Å²) in [6, 6.07) is 12.3. The van der Waals surface area contributed by atoms with Crippen LogP contribution in [0.15, 0.2) is 59.6 Å². The Morgan fingerprint density at radius 3 is 2.88 bits per heavy atom. The summed E-state index contributed by atoms with van der Waals surface area (Å²) in [6.07, 6.45) is 1.77. The Morgan fingerprint density at radius 2 is 2.09 bits per heavy atom. The van der Waals surface area contributed by atoms with E-state index in [9.17, 15) is 4.79 Å². The fourth-order valence-electron chi connectivity index (χ4n) is 3.25. The zero-order valence-electron chi connectivity index (χ0n) is 17.9. The quantitative estimate of drug-likeness (QED) is 0.277. The maximum Gasteiger partial charge on any atom is 0.236 e. The lowest BCUT2D eigenvalue weighted by atomic mass is 10.0. The number of rotatable bonds is 9. The molecule has 1 amide bonds. The second-order valence-electron chi connectivity index (χ2n) is 7.13. The topological polar surface area (TPSA) is 81.9 Å². The zero-order valence-corrected chi connectivity index (χ0v) is 19.5. The van der Waals surface area contributed by atoms with E-state index in [4.69, 9.17) is 4.74 Å². The zero-order chi connectivity index (χ0) is 22.5. The van der Waals surface area contributed by atoms with Crippen molar-refractivity contribution in [2.45, 2.75) is 32.2 Å². The summed E-state index contributed by atoms with van der Waals surface area (Å²) < 4.78 is 8.00. The van der Waals surface area contributed by atoms with Crippen LogP contribution >= 0.6 is 23.1 Å². The van der Waals surface area contributed by atoms with Crippen LogP contribution in [0.1, 0.15) is 17.1 Å². The van der Waals surface area contributed by atoms with Crippen molar-refractivity contribution in [3.63, 3.8) is 0 Å². The fourth-order valence-corrected chi connectivity index (χ4v) is 4.72. The number of hydrogen-bond donors (Lipinski definition) is 1. The largest absolute Gasteiger partial charge is 0.485 e. The summed E-state index contributed by atoms with van der Waals surface area (Å²) in [5, 5.41) is 16.8. The van der Waals surface area contributed by atoms with Gasteiger partial charge in [0, 0.05) is 11.9 Å². The van der Waals surface area contributed by atoms with Gasteiger partial charge in [-0.15, -0.1) is 28.1 Å². The van der Waals surface area contributed by atoms with E-state index in [1.165, 1.54) is 28.5 Å². The number of ether oxygens (including phenoxy) is 1. The van der Waals surface area contributed by atoms with Gasteiger partial charge in [0.1, 0.15) is 12.4 Å². The third-order valence-corrected chi connectivity index (χ3v) is 6.65. The molecule has 0 saturated carbocycles. The van der Waals surface area contributed by atoms with E-state index in [-0.39, 0.29) is 18.3 Å². The summed E-state index contributed by atoms with van der Waals surface area (Å²) in [5.41, 5.74) is 1.97. The van der Waals surface area contributed by atoms with Crippen LogP contribution in [0.2, 0.25) is 0 Å². The molecule has 4 rings (SSSR count). The molecule has 4 aromatic rings. The molecule has 0 radical (unpaired) electrons. The van der Waals surface area contributed by atoms with Crippen molar-refractivity contribution < 1.29 is 9.53 Å². The molecule has 0 saturated heterocycles. The number of allylic oxidation sites excluding steroid dienone is 1. The van der Waals surface area contributed by atoms with Crippen LogP contribution in [-0.4, -0.2) is 31.4 Å². The predicted octanol–water partition coefficient (Wildman–Crippen LogP) is 5.00. The number of thioether (sulfide) groups is 1. The van der Waals surface area contributed by atoms with E-state index < -0.39 is 0 Å². The summed E-state index contributed by atoms with van der Waals surface area (Å²) >= 11 is 2.73. The first kappa shape index (κ1) is 22.0. The number of nitrogens with one attached hydrogen (secondary N) is 1. The lowest BCUT2D eigenvalue weighted by Crippen LogP contribution is -2.15. The van der Waals surface area contributed by atoms with Crippen LogP contribution in [0.3, 0.4) is 0 Å². The van der Waals surface area contributed by atoms with Gasteiger partial charge in [-0.05, 0) is 36.2 Å². The minimum atomic E-state index is -0.137. The first-order valence-electron chi connectivity index (χ1n) is 10.0. The number of nitrogens with zero attached hydrogens (tertiary/aromatic N) is 4. The number of anilines is 1. The van der Waals surface area contributed by atoms with Crippen LogP contribution in [0.5, 0.6) is 5.75 Å². The Balaban J connectivity index is 1.43. The summed E-state index contributed by atoms with van der Waals surface area (Å²) in [6.45, 7) is 8.56. The van der Waals surface area contributed by atoms with Crippen molar-refractivity contribution in [1.82, 2.24) is 19.7 Å². The second-order valence-corrected chi connectivity index (χ2v) is 8.93. The van der Waals surface area contributed by atoms with E-state index in [2.05, 4.69) is 52.2 Å². The molecule has 9 heteroatoms. The van der Waals surface area contributed by atoms with E-state index in [0.29, 0.717) is 22.7 Å². The average Bonchev–Trinajstić information content (AvgIpc) is 3.38. The van der Waals surface area contributed by atoms with Crippen molar-refractivity contribution >= 4 is 44.9 Å². The number of fused-ring (bicyclic) bond motifs is 1. The Labute approximate surface area is 194 Å². The molecule has 7 nitrogen and oxygen atoms in total. The van der Waals surface area contributed by atoms with Crippen molar-refractivity contribution in [2.24, 2.45) is 0 Å². The van der Waals surface area contributed by atoms with Gasteiger partial charge in [0.25, 0.3) is 0 Å². The molecular formula is C23H23N5O2S2. The van der Waals surface area contributed by atoms with E-state index in [1.807, 2.05) is 35.1 Å². The molecule has 0 aliphatic carbocycles. The molecule has 0 bridgehead atoms. The van der Waals surface area contributed by atoms with Gasteiger partial charge in [-0.3, -0.25) is 9.36 Å². The molecule has 164 valence electrons. The number of aromatic nitrogens is 4. The highest BCUT2D eigenvalue weighted by Crippen LogP contribution is 2.28. The minimum Gasteiger partial charge on any atom is -0.485 e. The van der Waals surface area contributed by atoms with Crippen molar-refractivity contribution in [2.75, 3.05) is 11.1 Å². The van der Waals surface area contributed by atoms with Gasteiger partial charge >= 0.3 is 0 Å². The number of hydrogen-bond acceptors (Lipinski definition) is 7. The molecule has 0 fully saturated rings. The Kier molecular flexibility index (Phi) is 6.87. The highest BCUT2D eigenvalue weighted by molar-refractivity contribution is 7.99. The molecule has 32 heavy (non-hydrogen) atoms. The number of benzene rings is 2. The lowest BCUT2D eigenvalue weighted by molar-refractivity contribution is -0.113. The lowest BCUT2D eigenvalue weighted by Gasteiger charge is -2.12. The monoisotopic (exact) mass is 465 g/mol. The molecule has 0 aliphatic heterocycles. The molecule has 1 N–H and O–H groups in total. The number of carbonyl (C=O) groups excluding carboxylic acids is 1. The standard InChI is InChI=1S/C23H23N5O2S2/c1-4-11-28-20(12-30-19-10-9-17-7-5-6-8-18(17)16(19)3)26-27-23(28)32-14-21(29)25-22-24-15(2)13-31-22/h4-10,13H,1,11-12,14H2,2-3H3,(H,24,25,29). The molecule has 0 aliphatic rings. The summed E-state index contributed by atoms with van der Waals surface area (Å²) in [5.74, 6) is 1.56. The smallest absolute Gasteiger partial charge is 0.236 e. The van der Waals surface area contributed by atoms with Gasteiger partial charge in [-0.1, -0.05) is 48.2 Å². The molecule has 0 unspecified atom stereocenters. The van der Waals surface area contributed by atoms with Crippen LogP contribution in [0.4, 0.5) is 5.13 Å². The van der Waals surface area contributed by atoms with Gasteiger partial charge in [0.05, 0.1) is 11.4 Å². The van der Waals surface area contributed by atoms with Crippen molar-refractivity contribution in [1.29, 1.82) is 0 Å². The number of thiazole rings is 1. The fraction of sp³-hybridized carbons (Fsp3) is 0.217. The first-order chi connectivity index (χ1) is 15.5. The molecular weight excluding hydrogens is 442 g/mol. The third kappa shape index (κ3) is 5.00. The Bertz CT molecular complexity index is 1260. The van der Waals surface area contributed by atoms with Crippen LogP contribution < -0.4 is 10.1 Å². The maximum absolute atomic E-state index is 12.3. The molecule has 0 atom stereocenters. The SMILES string of the molecule is C=CCn1c(COc2ccc3ccccc3c2C)nnc1SCC(=O)Nc1nc(C)cs1. The van der Waals surface area contributed by atoms with Gasteiger partial charge < -0.3 is 10.1 Å². The first-order valence-corrected chi connectivity index (χ1v) is 11.9.